The SMILES string of the molecule is CN(Cc1ccccc1[N+](=O)[O-])C(=O)CCc1ccc(-c2ccccc2F)o1. The molecule has 0 N–H and O–H groups in total. The Kier molecular flexibility index (Phi) is 5.84. The lowest BCUT2D eigenvalue weighted by Crippen LogP contribution is -2.26. The molecule has 0 atom stereocenters. The van der Waals surface area contributed by atoms with Crippen LogP contribution >= 0.6 is 0 Å². The second-order valence-corrected chi connectivity index (χ2v) is 6.38. The molecule has 0 saturated carbocycles. The Balaban J connectivity index is 1.60. The number of nitro groups is 1. The normalized spacial score (nSPS) is 10.6. The Hall–Kier alpha value is -3.48. The van der Waals surface area contributed by atoms with Gasteiger partial charge in [0.2, 0.25) is 5.91 Å². The number of aryl methyl sites for hydroxylation is 1. The summed E-state index contributed by atoms with van der Waals surface area (Å²) in [6.07, 6.45) is 0.538. The van der Waals surface area contributed by atoms with E-state index in [0.29, 0.717) is 29.1 Å². The summed E-state index contributed by atoms with van der Waals surface area (Å²) in [5.74, 6) is 0.449. The third kappa shape index (κ3) is 4.43. The molecular formula is C21H19FN2O4. The molecule has 0 radical (unpaired) electrons. The minimum Gasteiger partial charge on any atom is -0.461 e. The maximum absolute atomic E-state index is 13.8. The highest BCUT2D eigenvalue weighted by Gasteiger charge is 2.17. The van der Waals surface area contributed by atoms with Crippen LogP contribution in [-0.4, -0.2) is 22.8 Å². The van der Waals surface area contributed by atoms with Crippen LogP contribution in [0.15, 0.2) is 65.1 Å². The van der Waals surface area contributed by atoms with E-state index in [-0.39, 0.29) is 30.4 Å². The fourth-order valence-corrected chi connectivity index (χ4v) is 2.91. The minimum atomic E-state index is -0.458. The fraction of sp³-hybridized carbons (Fsp3) is 0.190. The molecule has 3 aromatic rings. The highest BCUT2D eigenvalue weighted by molar-refractivity contribution is 5.76. The van der Waals surface area contributed by atoms with Crippen molar-refractivity contribution in [3.05, 3.63) is 87.9 Å². The van der Waals surface area contributed by atoms with Crippen molar-refractivity contribution < 1.29 is 18.5 Å². The van der Waals surface area contributed by atoms with Crippen LogP contribution in [0, 0.1) is 15.9 Å². The minimum absolute atomic E-state index is 0.0114. The van der Waals surface area contributed by atoms with Crippen LogP contribution in [-0.2, 0) is 17.8 Å². The Morgan fingerprint density at radius 3 is 2.57 bits per heavy atom. The second-order valence-electron chi connectivity index (χ2n) is 6.38. The number of carbonyl (C=O) groups excluding carboxylic acids is 1. The van der Waals surface area contributed by atoms with Crippen molar-refractivity contribution in [3.63, 3.8) is 0 Å². The highest BCUT2D eigenvalue weighted by atomic mass is 19.1. The summed E-state index contributed by atoms with van der Waals surface area (Å²) in [6, 6.07) is 16.1. The van der Waals surface area contributed by atoms with Crippen molar-refractivity contribution in [2.24, 2.45) is 0 Å². The number of amides is 1. The zero-order chi connectivity index (χ0) is 20.1. The first-order chi connectivity index (χ1) is 13.5. The molecule has 0 aliphatic heterocycles. The van der Waals surface area contributed by atoms with E-state index in [2.05, 4.69) is 0 Å². The lowest BCUT2D eigenvalue weighted by atomic mass is 10.1. The van der Waals surface area contributed by atoms with E-state index in [1.165, 1.54) is 17.0 Å². The van der Waals surface area contributed by atoms with Gasteiger partial charge < -0.3 is 9.32 Å². The maximum atomic E-state index is 13.8. The monoisotopic (exact) mass is 382 g/mol. The van der Waals surface area contributed by atoms with Gasteiger partial charge in [0.05, 0.1) is 17.0 Å². The summed E-state index contributed by atoms with van der Waals surface area (Å²) in [4.78, 5) is 24.5. The van der Waals surface area contributed by atoms with E-state index in [1.807, 2.05) is 0 Å². The molecule has 1 heterocycles. The Bertz CT molecular complexity index is 999. The standard InChI is InChI=1S/C21H19FN2O4/c1-23(14-15-6-2-5-9-19(15)24(26)27)21(25)13-11-16-10-12-20(28-16)17-7-3-4-8-18(17)22/h2-10,12H,11,13-14H2,1H3. The number of rotatable bonds is 7. The van der Waals surface area contributed by atoms with E-state index in [4.69, 9.17) is 4.42 Å². The average molecular weight is 382 g/mol. The van der Waals surface area contributed by atoms with Gasteiger partial charge in [0.25, 0.3) is 5.69 Å². The summed E-state index contributed by atoms with van der Waals surface area (Å²) in [7, 11) is 1.60. The van der Waals surface area contributed by atoms with Crippen molar-refractivity contribution in [1.29, 1.82) is 0 Å². The fourth-order valence-electron chi connectivity index (χ4n) is 2.91. The first-order valence-electron chi connectivity index (χ1n) is 8.75. The molecule has 1 aromatic heterocycles. The van der Waals surface area contributed by atoms with Crippen LogP contribution in [0.1, 0.15) is 17.7 Å². The molecular weight excluding hydrogens is 363 g/mol. The number of para-hydroxylation sites is 1. The number of halogens is 1. The summed E-state index contributed by atoms with van der Waals surface area (Å²) in [5.41, 5.74) is 0.833. The number of furan rings is 1. The topological polar surface area (TPSA) is 76.6 Å². The van der Waals surface area contributed by atoms with Crippen LogP contribution < -0.4 is 0 Å². The van der Waals surface area contributed by atoms with Crippen LogP contribution in [0.3, 0.4) is 0 Å². The predicted octanol–water partition coefficient (Wildman–Crippen LogP) is 4.59. The Morgan fingerprint density at radius 2 is 1.82 bits per heavy atom. The van der Waals surface area contributed by atoms with E-state index in [1.54, 1.807) is 55.6 Å². The number of hydrogen-bond donors (Lipinski definition) is 0. The van der Waals surface area contributed by atoms with Crippen molar-refractivity contribution in [1.82, 2.24) is 4.90 Å². The summed E-state index contributed by atoms with van der Waals surface area (Å²) < 4.78 is 19.5. The van der Waals surface area contributed by atoms with Gasteiger partial charge in [0.15, 0.2) is 0 Å². The molecule has 0 spiro atoms. The van der Waals surface area contributed by atoms with Crippen LogP contribution in [0.5, 0.6) is 0 Å². The van der Waals surface area contributed by atoms with Crippen LogP contribution in [0.4, 0.5) is 10.1 Å². The van der Waals surface area contributed by atoms with Gasteiger partial charge in [-0.2, -0.15) is 0 Å². The smallest absolute Gasteiger partial charge is 0.274 e. The molecule has 1 amide bonds. The van der Waals surface area contributed by atoms with Gasteiger partial charge in [-0.15, -0.1) is 0 Å². The van der Waals surface area contributed by atoms with Gasteiger partial charge in [-0.05, 0) is 24.3 Å². The molecule has 0 saturated heterocycles. The third-order valence-corrected chi connectivity index (χ3v) is 4.41. The Morgan fingerprint density at radius 1 is 1.11 bits per heavy atom. The third-order valence-electron chi connectivity index (χ3n) is 4.41. The first kappa shape index (κ1) is 19.3. The number of nitrogens with zero attached hydrogens (tertiary/aromatic N) is 2. The van der Waals surface area contributed by atoms with Crippen molar-refractivity contribution >= 4 is 11.6 Å². The molecule has 0 fully saturated rings. The quantitative estimate of drug-likeness (QED) is 0.442. The van der Waals surface area contributed by atoms with E-state index >= 15 is 0 Å². The van der Waals surface area contributed by atoms with Gasteiger partial charge in [0, 0.05) is 31.5 Å². The maximum Gasteiger partial charge on any atom is 0.274 e. The number of carbonyl (C=O) groups is 1. The molecule has 0 aliphatic rings. The molecule has 7 heteroatoms. The number of benzene rings is 2. The van der Waals surface area contributed by atoms with Gasteiger partial charge in [-0.1, -0.05) is 30.3 Å². The molecule has 28 heavy (non-hydrogen) atoms. The zero-order valence-electron chi connectivity index (χ0n) is 15.3. The summed E-state index contributed by atoms with van der Waals surface area (Å²) >= 11 is 0. The average Bonchev–Trinajstić information content (AvgIpc) is 3.15. The lowest BCUT2D eigenvalue weighted by Gasteiger charge is -2.17. The molecule has 3 rings (SSSR count). The summed E-state index contributed by atoms with van der Waals surface area (Å²) in [6.45, 7) is 0.147. The molecule has 6 nitrogen and oxygen atoms in total. The van der Waals surface area contributed by atoms with Gasteiger partial charge >= 0.3 is 0 Å². The van der Waals surface area contributed by atoms with Crippen molar-refractivity contribution in [2.75, 3.05) is 7.05 Å². The van der Waals surface area contributed by atoms with Gasteiger partial charge in [-0.3, -0.25) is 14.9 Å². The molecule has 0 unspecified atom stereocenters. The van der Waals surface area contributed by atoms with Crippen LogP contribution in [0.2, 0.25) is 0 Å². The van der Waals surface area contributed by atoms with Gasteiger partial charge in [0.1, 0.15) is 17.3 Å². The van der Waals surface area contributed by atoms with E-state index in [9.17, 15) is 19.3 Å². The number of hydrogen-bond acceptors (Lipinski definition) is 4. The van der Waals surface area contributed by atoms with Crippen molar-refractivity contribution in [2.45, 2.75) is 19.4 Å². The van der Waals surface area contributed by atoms with Crippen molar-refractivity contribution in [3.8, 4) is 11.3 Å². The highest BCUT2D eigenvalue weighted by Crippen LogP contribution is 2.25. The van der Waals surface area contributed by atoms with Gasteiger partial charge in [-0.25, -0.2) is 4.39 Å². The largest absolute Gasteiger partial charge is 0.461 e. The molecule has 0 aliphatic carbocycles. The zero-order valence-corrected chi connectivity index (χ0v) is 15.3. The Labute approximate surface area is 161 Å². The van der Waals surface area contributed by atoms with E-state index < -0.39 is 4.92 Å². The van der Waals surface area contributed by atoms with E-state index in [0.717, 1.165) is 0 Å². The predicted molar refractivity (Wildman–Crippen MR) is 102 cm³/mol. The lowest BCUT2D eigenvalue weighted by molar-refractivity contribution is -0.385. The first-order valence-corrected chi connectivity index (χ1v) is 8.75. The second kappa shape index (κ2) is 8.47. The summed E-state index contributed by atoms with van der Waals surface area (Å²) in [5, 5.41) is 11.1. The number of nitro benzene ring substituents is 1. The molecule has 2 aromatic carbocycles. The van der Waals surface area contributed by atoms with Crippen LogP contribution in [0.25, 0.3) is 11.3 Å². The molecule has 144 valence electrons. The molecule has 0 bridgehead atoms.